The normalized spacial score (nSPS) is 16.7. The average molecular weight is 257 g/mol. The molecule has 0 saturated heterocycles. The number of carbonyl (C=O) groups excluding carboxylic acids is 1. The fourth-order valence-corrected chi connectivity index (χ4v) is 2.14. The van der Waals surface area contributed by atoms with Gasteiger partial charge < -0.3 is 4.74 Å². The van der Waals surface area contributed by atoms with Gasteiger partial charge in [-0.1, -0.05) is 0 Å². The summed E-state index contributed by atoms with van der Waals surface area (Å²) in [4.78, 5) is 13.9. The van der Waals surface area contributed by atoms with Crippen molar-refractivity contribution in [2.45, 2.75) is 24.8 Å². The molecule has 0 aliphatic heterocycles. The lowest BCUT2D eigenvalue weighted by Crippen LogP contribution is -2.33. The highest BCUT2D eigenvalue weighted by Gasteiger charge is 2.43. The van der Waals surface area contributed by atoms with E-state index in [9.17, 15) is 18.0 Å². The van der Waals surface area contributed by atoms with Gasteiger partial charge in [0.1, 0.15) is 5.54 Å². The number of ether oxygens (including phenoxy) is 1. The molecule has 0 atom stereocenters. The van der Waals surface area contributed by atoms with Gasteiger partial charge in [-0.15, -0.1) is 0 Å². The molecule has 0 unspecified atom stereocenters. The molecule has 1 aliphatic carbocycles. The minimum absolute atomic E-state index is 0.159. The number of nitrogens with zero attached hydrogens (tertiary/aromatic N) is 1. The Kier molecular flexibility index (Phi) is 3.13. The molecule has 0 N–H and O–H groups in total. The van der Waals surface area contributed by atoms with Crippen molar-refractivity contribution in [3.63, 3.8) is 0 Å². The second-order valence-electron chi connectivity index (χ2n) is 4.16. The maximum atomic E-state index is 14.0. The van der Waals surface area contributed by atoms with Gasteiger partial charge >= 0.3 is 0 Å². The summed E-state index contributed by atoms with van der Waals surface area (Å²) in [5.41, 5.74) is -1.29. The fraction of sp³-hybridized carbons (Fsp3) is 0.417. The zero-order chi connectivity index (χ0) is 13.3. The van der Waals surface area contributed by atoms with Gasteiger partial charge in [-0.3, -0.25) is 0 Å². The molecular formula is C12H10F3NO2. The number of rotatable bonds is 3. The molecule has 96 valence electrons. The monoisotopic (exact) mass is 257 g/mol. The maximum Gasteiger partial charge on any atom is 0.235 e. The van der Waals surface area contributed by atoms with E-state index in [4.69, 9.17) is 0 Å². The number of hydrogen-bond acceptors (Lipinski definition) is 3. The third-order valence-electron chi connectivity index (χ3n) is 3.26. The Hall–Kier alpha value is -1.81. The predicted molar refractivity (Wildman–Crippen MR) is 56.5 cm³/mol. The standard InChI is InChI=1S/C12H10F3NO2/c1-18-11-9(14)7(5-8(13)10(11)15)12(16-6-17)3-2-4-12/h5H,2-4H2,1H3. The Morgan fingerprint density at radius 2 is 2.00 bits per heavy atom. The zero-order valence-electron chi connectivity index (χ0n) is 9.60. The van der Waals surface area contributed by atoms with E-state index in [0.29, 0.717) is 12.8 Å². The van der Waals surface area contributed by atoms with Crippen LogP contribution >= 0.6 is 0 Å². The summed E-state index contributed by atoms with van der Waals surface area (Å²) in [5, 5.41) is 0. The van der Waals surface area contributed by atoms with Crippen LogP contribution in [0.4, 0.5) is 13.2 Å². The highest BCUT2D eigenvalue weighted by Crippen LogP contribution is 2.47. The Bertz CT molecular complexity index is 535. The first-order valence-electron chi connectivity index (χ1n) is 5.37. The predicted octanol–water partition coefficient (Wildman–Crippen LogP) is 2.83. The molecular weight excluding hydrogens is 247 g/mol. The molecule has 0 aromatic heterocycles. The molecule has 3 nitrogen and oxygen atoms in total. The summed E-state index contributed by atoms with van der Waals surface area (Å²) < 4.78 is 45.2. The van der Waals surface area contributed by atoms with E-state index >= 15 is 0 Å². The Morgan fingerprint density at radius 3 is 2.44 bits per heavy atom. The second kappa shape index (κ2) is 4.46. The SMILES string of the molecule is COc1c(F)c(F)cc(C2(N=C=O)CCC2)c1F. The van der Waals surface area contributed by atoms with Gasteiger partial charge in [0.15, 0.2) is 17.4 Å². The van der Waals surface area contributed by atoms with Crippen LogP contribution in [0.15, 0.2) is 11.1 Å². The zero-order valence-corrected chi connectivity index (χ0v) is 9.60. The largest absolute Gasteiger partial charge is 0.491 e. The van der Waals surface area contributed by atoms with E-state index in [1.54, 1.807) is 0 Å². The van der Waals surface area contributed by atoms with Crippen LogP contribution in [0.5, 0.6) is 5.75 Å². The van der Waals surface area contributed by atoms with E-state index < -0.39 is 28.7 Å². The summed E-state index contributed by atoms with van der Waals surface area (Å²) >= 11 is 0. The first-order chi connectivity index (χ1) is 8.55. The summed E-state index contributed by atoms with van der Waals surface area (Å²) in [7, 11) is 1.04. The van der Waals surface area contributed by atoms with Crippen LogP contribution in [-0.4, -0.2) is 13.2 Å². The maximum absolute atomic E-state index is 14.0. The van der Waals surface area contributed by atoms with Gasteiger partial charge in [-0.25, -0.2) is 13.6 Å². The number of isocyanates is 1. The van der Waals surface area contributed by atoms with Gasteiger partial charge in [-0.2, -0.15) is 9.38 Å². The van der Waals surface area contributed by atoms with Crippen molar-refractivity contribution in [1.29, 1.82) is 0 Å². The minimum atomic E-state index is -1.39. The highest BCUT2D eigenvalue weighted by atomic mass is 19.2. The van der Waals surface area contributed by atoms with Crippen LogP contribution in [0.2, 0.25) is 0 Å². The second-order valence-corrected chi connectivity index (χ2v) is 4.16. The Labute approximate surface area is 101 Å². The third-order valence-corrected chi connectivity index (χ3v) is 3.26. The summed E-state index contributed by atoms with van der Waals surface area (Å²) in [6, 6.07) is 0.729. The molecule has 2 rings (SSSR count). The fourth-order valence-electron chi connectivity index (χ4n) is 2.14. The molecule has 0 bridgehead atoms. The molecule has 0 amide bonds. The number of aliphatic imine (C=N–C) groups is 1. The van der Waals surface area contributed by atoms with E-state index in [1.165, 1.54) is 6.08 Å². The molecule has 0 radical (unpaired) electrons. The van der Waals surface area contributed by atoms with Gasteiger partial charge in [0.05, 0.1) is 7.11 Å². The van der Waals surface area contributed by atoms with Crippen LogP contribution in [0.25, 0.3) is 0 Å². The van der Waals surface area contributed by atoms with Gasteiger partial charge in [0, 0.05) is 5.56 Å². The van der Waals surface area contributed by atoms with Crippen molar-refractivity contribution >= 4 is 6.08 Å². The van der Waals surface area contributed by atoms with Crippen LogP contribution in [-0.2, 0) is 10.3 Å². The van der Waals surface area contributed by atoms with Crippen molar-refractivity contribution < 1.29 is 22.7 Å². The molecule has 1 aromatic carbocycles. The van der Waals surface area contributed by atoms with Crippen LogP contribution in [0.3, 0.4) is 0 Å². The average Bonchev–Trinajstić information content (AvgIpc) is 2.30. The molecule has 1 saturated carbocycles. The lowest BCUT2D eigenvalue weighted by atomic mass is 9.72. The number of methoxy groups -OCH3 is 1. The molecule has 1 aromatic rings. The van der Waals surface area contributed by atoms with Crippen LogP contribution in [0, 0.1) is 17.5 Å². The smallest absolute Gasteiger partial charge is 0.235 e. The van der Waals surface area contributed by atoms with E-state index in [0.717, 1.165) is 19.6 Å². The third kappa shape index (κ3) is 1.69. The van der Waals surface area contributed by atoms with Crippen molar-refractivity contribution in [2.75, 3.05) is 7.11 Å². The van der Waals surface area contributed by atoms with Crippen molar-refractivity contribution in [2.24, 2.45) is 4.99 Å². The van der Waals surface area contributed by atoms with Gasteiger partial charge in [-0.05, 0) is 25.3 Å². The lowest BCUT2D eigenvalue weighted by molar-refractivity contribution is 0.240. The Balaban J connectivity index is 2.64. The highest BCUT2D eigenvalue weighted by molar-refractivity contribution is 5.43. The van der Waals surface area contributed by atoms with Crippen LogP contribution < -0.4 is 4.74 Å². The number of hydrogen-bond donors (Lipinski definition) is 0. The quantitative estimate of drug-likeness (QED) is 0.474. The van der Waals surface area contributed by atoms with Gasteiger partial charge in [0.25, 0.3) is 0 Å². The van der Waals surface area contributed by atoms with Gasteiger partial charge in [0.2, 0.25) is 11.9 Å². The number of benzene rings is 1. The molecule has 1 aliphatic rings. The molecule has 6 heteroatoms. The summed E-state index contributed by atoms with van der Waals surface area (Å²) in [6.07, 6.45) is 2.88. The van der Waals surface area contributed by atoms with E-state index in [2.05, 4.69) is 9.73 Å². The van der Waals surface area contributed by atoms with Crippen molar-refractivity contribution in [1.82, 2.24) is 0 Å². The molecule has 0 heterocycles. The van der Waals surface area contributed by atoms with E-state index in [-0.39, 0.29) is 5.56 Å². The number of halogens is 3. The first kappa shape index (κ1) is 12.6. The summed E-state index contributed by atoms with van der Waals surface area (Å²) in [5.74, 6) is -4.42. The summed E-state index contributed by atoms with van der Waals surface area (Å²) in [6.45, 7) is 0. The lowest BCUT2D eigenvalue weighted by Gasteiger charge is -2.37. The van der Waals surface area contributed by atoms with Crippen molar-refractivity contribution in [3.05, 3.63) is 29.1 Å². The van der Waals surface area contributed by atoms with Crippen LogP contribution in [0.1, 0.15) is 24.8 Å². The Morgan fingerprint density at radius 1 is 1.33 bits per heavy atom. The van der Waals surface area contributed by atoms with E-state index in [1.807, 2.05) is 0 Å². The molecule has 0 spiro atoms. The van der Waals surface area contributed by atoms with Crippen molar-refractivity contribution in [3.8, 4) is 5.75 Å². The first-order valence-corrected chi connectivity index (χ1v) is 5.37. The minimum Gasteiger partial charge on any atom is -0.491 e. The molecule has 18 heavy (non-hydrogen) atoms. The molecule has 1 fully saturated rings. The topological polar surface area (TPSA) is 38.7 Å².